The molecule has 0 aliphatic rings. The average Bonchev–Trinajstić information content (AvgIpc) is 2.36. The second-order valence-electron chi connectivity index (χ2n) is 5.01. The van der Waals surface area contributed by atoms with Crippen LogP contribution in [0.25, 0.3) is 0 Å². The summed E-state index contributed by atoms with van der Waals surface area (Å²) in [4.78, 5) is 12.0. The molecule has 102 valence electrons. The highest BCUT2D eigenvalue weighted by atomic mass is 16.2. The number of anilines is 1. The van der Waals surface area contributed by atoms with E-state index in [0.29, 0.717) is 5.92 Å². The number of amides is 1. The summed E-state index contributed by atoms with van der Waals surface area (Å²) in [5.41, 5.74) is 2.63. The van der Waals surface area contributed by atoms with Crippen molar-refractivity contribution in [2.45, 2.75) is 27.7 Å². The Bertz CT molecular complexity index is 509. The molecule has 0 aromatic heterocycles. The van der Waals surface area contributed by atoms with Gasteiger partial charge in [-0.2, -0.15) is 0 Å². The molecular weight excluding hydrogens is 238 g/mol. The van der Waals surface area contributed by atoms with Crippen molar-refractivity contribution in [3.8, 4) is 11.8 Å². The second kappa shape index (κ2) is 6.96. The molecule has 0 fully saturated rings. The Hall–Kier alpha value is -1.79. The monoisotopic (exact) mass is 259 g/mol. The maximum absolute atomic E-state index is 12.0. The number of benzene rings is 1. The van der Waals surface area contributed by atoms with E-state index in [0.717, 1.165) is 16.8 Å². The van der Waals surface area contributed by atoms with E-state index in [-0.39, 0.29) is 18.4 Å². The van der Waals surface area contributed by atoms with Gasteiger partial charge in [-0.1, -0.05) is 32.6 Å². The van der Waals surface area contributed by atoms with E-state index >= 15 is 0 Å². The lowest BCUT2D eigenvalue weighted by Crippen LogP contribution is -2.24. The van der Waals surface area contributed by atoms with Gasteiger partial charge in [0.15, 0.2) is 0 Å². The Balaban J connectivity index is 2.82. The third-order valence-corrected chi connectivity index (χ3v) is 3.21. The van der Waals surface area contributed by atoms with Gasteiger partial charge in [-0.15, -0.1) is 0 Å². The minimum Gasteiger partial charge on any atom is -0.384 e. The van der Waals surface area contributed by atoms with Crippen molar-refractivity contribution in [2.24, 2.45) is 11.8 Å². The van der Waals surface area contributed by atoms with Crippen LogP contribution in [0.5, 0.6) is 0 Å². The number of carbonyl (C=O) groups excluding carboxylic acids is 1. The molecule has 0 heterocycles. The molecule has 0 radical (unpaired) electrons. The normalized spacial score (nSPS) is 11.7. The fourth-order valence-corrected chi connectivity index (χ4v) is 1.58. The van der Waals surface area contributed by atoms with Crippen molar-refractivity contribution in [3.63, 3.8) is 0 Å². The Morgan fingerprint density at radius 3 is 2.58 bits per heavy atom. The zero-order valence-corrected chi connectivity index (χ0v) is 11.9. The molecule has 1 aromatic rings. The molecule has 0 aliphatic heterocycles. The number of aliphatic hydroxyl groups is 1. The Labute approximate surface area is 115 Å². The number of aryl methyl sites for hydroxylation is 1. The maximum atomic E-state index is 12.0. The minimum absolute atomic E-state index is 0.0193. The first-order chi connectivity index (χ1) is 8.95. The molecule has 1 aromatic carbocycles. The summed E-state index contributed by atoms with van der Waals surface area (Å²) in [5.74, 6) is 5.82. The second-order valence-corrected chi connectivity index (χ2v) is 5.01. The van der Waals surface area contributed by atoms with E-state index in [1.165, 1.54) is 0 Å². The van der Waals surface area contributed by atoms with Gasteiger partial charge in [-0.3, -0.25) is 4.79 Å². The molecule has 19 heavy (non-hydrogen) atoms. The number of nitrogens with one attached hydrogen (secondary N) is 1. The smallest absolute Gasteiger partial charge is 0.227 e. The van der Waals surface area contributed by atoms with Crippen LogP contribution in [0.4, 0.5) is 5.69 Å². The first-order valence-corrected chi connectivity index (χ1v) is 6.47. The Kier molecular flexibility index (Phi) is 5.59. The SMILES string of the molecule is Cc1cc(NC(=O)C(C)C(C)C)ccc1C#CCO. The molecule has 1 atom stereocenters. The van der Waals surface area contributed by atoms with E-state index in [4.69, 9.17) is 5.11 Å². The summed E-state index contributed by atoms with van der Waals surface area (Å²) in [5, 5.41) is 11.6. The predicted molar refractivity (Wildman–Crippen MR) is 77.8 cm³/mol. The van der Waals surface area contributed by atoms with Gasteiger partial charge < -0.3 is 10.4 Å². The van der Waals surface area contributed by atoms with Crippen molar-refractivity contribution >= 4 is 11.6 Å². The largest absolute Gasteiger partial charge is 0.384 e. The molecule has 3 nitrogen and oxygen atoms in total. The highest BCUT2D eigenvalue weighted by molar-refractivity contribution is 5.92. The average molecular weight is 259 g/mol. The summed E-state index contributed by atoms with van der Waals surface area (Å²) in [7, 11) is 0. The Morgan fingerprint density at radius 2 is 2.05 bits per heavy atom. The topological polar surface area (TPSA) is 49.3 Å². The van der Waals surface area contributed by atoms with E-state index in [9.17, 15) is 4.79 Å². The quantitative estimate of drug-likeness (QED) is 0.820. The zero-order valence-electron chi connectivity index (χ0n) is 11.9. The van der Waals surface area contributed by atoms with Crippen molar-refractivity contribution < 1.29 is 9.90 Å². The van der Waals surface area contributed by atoms with E-state index in [1.807, 2.05) is 45.9 Å². The van der Waals surface area contributed by atoms with Crippen LogP contribution in [0.15, 0.2) is 18.2 Å². The number of hydrogen-bond acceptors (Lipinski definition) is 2. The molecule has 1 amide bonds. The summed E-state index contributed by atoms with van der Waals surface area (Å²) in [6, 6.07) is 5.58. The highest BCUT2D eigenvalue weighted by Crippen LogP contribution is 2.17. The van der Waals surface area contributed by atoms with Crippen molar-refractivity contribution in [2.75, 3.05) is 11.9 Å². The van der Waals surface area contributed by atoms with Crippen LogP contribution in [0.1, 0.15) is 31.9 Å². The van der Waals surface area contributed by atoms with Crippen molar-refractivity contribution in [3.05, 3.63) is 29.3 Å². The van der Waals surface area contributed by atoms with Gasteiger partial charge in [0.1, 0.15) is 6.61 Å². The van der Waals surface area contributed by atoms with Gasteiger partial charge >= 0.3 is 0 Å². The van der Waals surface area contributed by atoms with Gasteiger partial charge in [0.25, 0.3) is 0 Å². The molecule has 1 rings (SSSR count). The van der Waals surface area contributed by atoms with E-state index < -0.39 is 0 Å². The standard InChI is InChI=1S/C16H21NO2/c1-11(2)13(4)16(19)17-15-8-7-14(6-5-9-18)12(3)10-15/h7-8,10-11,13,18H,9H2,1-4H3,(H,17,19). The van der Waals surface area contributed by atoms with Crippen molar-refractivity contribution in [1.29, 1.82) is 0 Å². The van der Waals surface area contributed by atoms with Crippen LogP contribution in [0, 0.1) is 30.6 Å². The number of aliphatic hydroxyl groups excluding tert-OH is 1. The molecule has 1 unspecified atom stereocenters. The molecule has 0 aliphatic carbocycles. The van der Waals surface area contributed by atoms with Crippen LogP contribution in [0.2, 0.25) is 0 Å². The zero-order chi connectivity index (χ0) is 14.4. The molecule has 0 bridgehead atoms. The van der Waals surface area contributed by atoms with Gasteiger partial charge in [-0.25, -0.2) is 0 Å². The first kappa shape index (κ1) is 15.3. The summed E-state index contributed by atoms with van der Waals surface area (Å²) in [6.07, 6.45) is 0. The third-order valence-electron chi connectivity index (χ3n) is 3.21. The number of hydrogen-bond donors (Lipinski definition) is 2. The van der Waals surface area contributed by atoms with Gasteiger partial charge in [0.05, 0.1) is 0 Å². The predicted octanol–water partition coefficient (Wildman–Crippen LogP) is 2.57. The third kappa shape index (κ3) is 4.42. The van der Waals surface area contributed by atoms with Gasteiger partial charge in [0, 0.05) is 17.2 Å². The molecule has 0 spiro atoms. The van der Waals surface area contributed by atoms with Crippen LogP contribution in [0.3, 0.4) is 0 Å². The van der Waals surface area contributed by atoms with Crippen LogP contribution in [-0.4, -0.2) is 17.6 Å². The van der Waals surface area contributed by atoms with Gasteiger partial charge in [-0.05, 0) is 36.6 Å². The molecule has 0 saturated heterocycles. The maximum Gasteiger partial charge on any atom is 0.227 e. The highest BCUT2D eigenvalue weighted by Gasteiger charge is 2.16. The lowest BCUT2D eigenvalue weighted by atomic mass is 9.97. The lowest BCUT2D eigenvalue weighted by Gasteiger charge is -2.15. The molecular formula is C16H21NO2. The summed E-state index contributed by atoms with van der Waals surface area (Å²) in [6.45, 7) is 7.77. The molecule has 3 heteroatoms. The van der Waals surface area contributed by atoms with Crippen LogP contribution < -0.4 is 5.32 Å². The van der Waals surface area contributed by atoms with Crippen LogP contribution >= 0.6 is 0 Å². The van der Waals surface area contributed by atoms with Crippen molar-refractivity contribution in [1.82, 2.24) is 0 Å². The fourth-order valence-electron chi connectivity index (χ4n) is 1.58. The minimum atomic E-state index is -0.149. The van der Waals surface area contributed by atoms with Crippen LogP contribution in [-0.2, 0) is 4.79 Å². The summed E-state index contributed by atoms with van der Waals surface area (Å²) >= 11 is 0. The molecule has 0 saturated carbocycles. The molecule has 2 N–H and O–H groups in total. The van der Waals surface area contributed by atoms with Gasteiger partial charge in [0.2, 0.25) is 5.91 Å². The number of rotatable bonds is 3. The van der Waals surface area contributed by atoms with E-state index in [1.54, 1.807) is 0 Å². The first-order valence-electron chi connectivity index (χ1n) is 6.47. The Morgan fingerprint density at radius 1 is 1.37 bits per heavy atom. The fraction of sp³-hybridized carbons (Fsp3) is 0.438. The lowest BCUT2D eigenvalue weighted by molar-refractivity contribution is -0.120. The van der Waals surface area contributed by atoms with E-state index in [2.05, 4.69) is 17.2 Å². The number of carbonyl (C=O) groups is 1. The summed E-state index contributed by atoms with van der Waals surface area (Å²) < 4.78 is 0.